The molecule has 0 fully saturated rings. The molecule has 0 radical (unpaired) electrons. The number of halogens is 1. The Bertz CT molecular complexity index is 308. The molecule has 0 atom stereocenters. The van der Waals surface area contributed by atoms with Crippen LogP contribution in [-0.4, -0.2) is 17.5 Å². The van der Waals surface area contributed by atoms with Crippen molar-refractivity contribution in [3.8, 4) is 0 Å². The molecule has 0 aliphatic rings. The van der Waals surface area contributed by atoms with Crippen LogP contribution in [0.3, 0.4) is 0 Å². The summed E-state index contributed by atoms with van der Waals surface area (Å²) in [6, 6.07) is 9.44. The van der Waals surface area contributed by atoms with Crippen LogP contribution in [0.2, 0.25) is 5.02 Å². The summed E-state index contributed by atoms with van der Waals surface area (Å²) in [7, 11) is -5.17. The minimum absolute atomic E-state index is 0. The molecule has 14 heavy (non-hydrogen) atoms. The largest absolute Gasteiger partial charge is 1.00 e. The third-order valence-electron chi connectivity index (χ3n) is 0.733. The molecule has 0 N–H and O–H groups in total. The molecule has 0 aliphatic carbocycles. The Morgan fingerprint density at radius 3 is 1.43 bits per heavy atom. The zero-order valence-corrected chi connectivity index (χ0v) is 13.4. The van der Waals surface area contributed by atoms with Crippen molar-refractivity contribution in [2.45, 2.75) is 0 Å². The van der Waals surface area contributed by atoms with Crippen molar-refractivity contribution in [2.24, 2.45) is 0 Å². The number of hydrogen-bond acceptors (Lipinski definition) is 4. The molecule has 4 nitrogen and oxygen atoms in total. The maximum absolute atomic E-state index is 8.52. The summed E-state index contributed by atoms with van der Waals surface area (Å²) >= 11 is 5.54. The minimum atomic E-state index is -5.17. The van der Waals surface area contributed by atoms with E-state index < -0.39 is 10.4 Å². The Balaban J connectivity index is -0.000000159. The Kier molecular flexibility index (Phi) is 16.1. The van der Waals surface area contributed by atoms with Crippen molar-refractivity contribution in [3.05, 3.63) is 35.4 Å². The first-order chi connectivity index (χ1) is 5.39. The molecule has 0 amide bonds. The van der Waals surface area contributed by atoms with Crippen molar-refractivity contribution in [1.82, 2.24) is 0 Å². The SMILES string of the molecule is Clc1ccccc1.O=S(=O)([O-])[O-].[Na+].[Na+]. The molecular formula is C6H5ClNa2O4S. The van der Waals surface area contributed by atoms with E-state index in [-0.39, 0.29) is 59.1 Å². The maximum Gasteiger partial charge on any atom is 1.00 e. The van der Waals surface area contributed by atoms with Crippen molar-refractivity contribution in [2.75, 3.05) is 0 Å². The molecule has 0 saturated heterocycles. The minimum Gasteiger partial charge on any atom is -0.759 e. The topological polar surface area (TPSA) is 80.3 Å². The van der Waals surface area contributed by atoms with E-state index in [1.165, 1.54) is 0 Å². The van der Waals surface area contributed by atoms with Crippen LogP contribution in [-0.2, 0) is 10.4 Å². The van der Waals surface area contributed by atoms with Gasteiger partial charge in [-0.1, -0.05) is 29.8 Å². The van der Waals surface area contributed by atoms with Gasteiger partial charge in [0.25, 0.3) is 0 Å². The zero-order chi connectivity index (χ0) is 9.61. The van der Waals surface area contributed by atoms with Gasteiger partial charge in [-0.3, -0.25) is 8.42 Å². The van der Waals surface area contributed by atoms with Crippen LogP contribution in [0.5, 0.6) is 0 Å². The van der Waals surface area contributed by atoms with E-state index in [9.17, 15) is 0 Å². The molecule has 8 heteroatoms. The Morgan fingerprint density at radius 1 is 1.00 bits per heavy atom. The fourth-order valence-electron chi connectivity index (χ4n) is 0.415. The van der Waals surface area contributed by atoms with E-state index >= 15 is 0 Å². The van der Waals surface area contributed by atoms with Crippen molar-refractivity contribution in [1.29, 1.82) is 0 Å². The standard InChI is InChI=1S/C6H5Cl.2Na.H2O4S/c7-6-4-2-1-3-5-6;;;1-5(2,3)4/h1-5H;;;(H2,1,2,3,4)/q;2*+1;/p-2. The Hall–Kier alpha value is 1.38. The van der Waals surface area contributed by atoms with Gasteiger partial charge in [0.15, 0.2) is 0 Å². The van der Waals surface area contributed by atoms with Gasteiger partial charge in [-0.2, -0.15) is 0 Å². The molecule has 0 aliphatic heterocycles. The fraction of sp³-hybridized carbons (Fsp3) is 0. The fourth-order valence-corrected chi connectivity index (χ4v) is 0.560. The maximum atomic E-state index is 8.52. The summed E-state index contributed by atoms with van der Waals surface area (Å²) < 4.78 is 34.1. The van der Waals surface area contributed by atoms with E-state index in [4.69, 9.17) is 29.1 Å². The first-order valence-electron chi connectivity index (χ1n) is 2.77. The summed E-state index contributed by atoms with van der Waals surface area (Å²) in [6.07, 6.45) is 0. The van der Waals surface area contributed by atoms with Gasteiger partial charge in [0.2, 0.25) is 0 Å². The summed E-state index contributed by atoms with van der Waals surface area (Å²) in [5.74, 6) is 0. The predicted molar refractivity (Wildman–Crippen MR) is 41.9 cm³/mol. The van der Waals surface area contributed by atoms with Gasteiger partial charge in [0.05, 0.1) is 0 Å². The normalized spacial score (nSPS) is 8.50. The van der Waals surface area contributed by atoms with Gasteiger partial charge in [0, 0.05) is 15.4 Å². The van der Waals surface area contributed by atoms with E-state index in [0.717, 1.165) is 5.02 Å². The van der Waals surface area contributed by atoms with Crippen LogP contribution >= 0.6 is 11.6 Å². The summed E-state index contributed by atoms with van der Waals surface area (Å²) in [5, 5.41) is 0.794. The van der Waals surface area contributed by atoms with Gasteiger partial charge in [0.1, 0.15) is 0 Å². The molecule has 0 spiro atoms. The Labute approximate surface area is 132 Å². The van der Waals surface area contributed by atoms with E-state index in [0.29, 0.717) is 0 Å². The van der Waals surface area contributed by atoms with Crippen LogP contribution in [0.1, 0.15) is 0 Å². The smallest absolute Gasteiger partial charge is 0.759 e. The molecular weight excluding hydrogens is 250 g/mol. The number of hydrogen-bond donors (Lipinski definition) is 0. The molecule has 1 aromatic rings. The summed E-state index contributed by atoms with van der Waals surface area (Å²) in [5.41, 5.74) is 0. The second kappa shape index (κ2) is 10.9. The summed E-state index contributed by atoms with van der Waals surface area (Å²) in [4.78, 5) is 0. The molecule has 68 valence electrons. The van der Waals surface area contributed by atoms with Gasteiger partial charge in [-0.25, -0.2) is 0 Å². The quantitative estimate of drug-likeness (QED) is 0.264. The number of rotatable bonds is 0. The Morgan fingerprint density at radius 2 is 1.29 bits per heavy atom. The average molecular weight is 255 g/mol. The average Bonchev–Trinajstić information content (AvgIpc) is 1.85. The zero-order valence-electron chi connectivity index (χ0n) is 7.81. The number of benzene rings is 1. The van der Waals surface area contributed by atoms with Crippen molar-refractivity contribution in [3.63, 3.8) is 0 Å². The molecule has 1 aromatic carbocycles. The van der Waals surface area contributed by atoms with Crippen molar-refractivity contribution < 1.29 is 76.6 Å². The molecule has 0 aromatic heterocycles. The third-order valence-corrected chi connectivity index (χ3v) is 0.985. The van der Waals surface area contributed by atoms with E-state index in [1.54, 1.807) is 0 Å². The van der Waals surface area contributed by atoms with E-state index in [2.05, 4.69) is 0 Å². The van der Waals surface area contributed by atoms with Crippen LogP contribution in [0.25, 0.3) is 0 Å². The van der Waals surface area contributed by atoms with Crippen molar-refractivity contribution >= 4 is 22.0 Å². The third kappa shape index (κ3) is 23.3. The van der Waals surface area contributed by atoms with Crippen LogP contribution in [0.15, 0.2) is 30.3 Å². The van der Waals surface area contributed by atoms with Gasteiger partial charge in [-0.05, 0) is 12.1 Å². The molecule has 0 bridgehead atoms. The first-order valence-corrected chi connectivity index (χ1v) is 4.48. The molecule has 0 heterocycles. The monoisotopic (exact) mass is 254 g/mol. The second-order valence-electron chi connectivity index (χ2n) is 1.70. The molecule has 0 unspecified atom stereocenters. The van der Waals surface area contributed by atoms with Gasteiger partial charge >= 0.3 is 59.1 Å². The van der Waals surface area contributed by atoms with Gasteiger partial charge in [-0.15, -0.1) is 0 Å². The van der Waals surface area contributed by atoms with Crippen LogP contribution in [0, 0.1) is 0 Å². The summed E-state index contributed by atoms with van der Waals surface area (Å²) in [6.45, 7) is 0. The molecule has 0 saturated carbocycles. The van der Waals surface area contributed by atoms with Crippen LogP contribution in [0.4, 0.5) is 0 Å². The van der Waals surface area contributed by atoms with Gasteiger partial charge < -0.3 is 9.11 Å². The van der Waals surface area contributed by atoms with E-state index in [1.807, 2.05) is 30.3 Å². The predicted octanol–water partition coefficient (Wildman–Crippen LogP) is -4.99. The second-order valence-corrected chi connectivity index (χ2v) is 2.96. The van der Waals surface area contributed by atoms with Crippen LogP contribution < -0.4 is 59.1 Å². The molecule has 1 rings (SSSR count). The first kappa shape index (κ1) is 20.8.